The number of hydrogen-bond acceptors (Lipinski definition) is 3. The maximum Gasteiger partial charge on any atom is 0.411 e. The summed E-state index contributed by atoms with van der Waals surface area (Å²) in [5, 5.41) is 0. The average Bonchev–Trinajstić information content (AvgIpc) is 2.35. The Morgan fingerprint density at radius 1 is 1.30 bits per heavy atom. The van der Waals surface area contributed by atoms with Gasteiger partial charge in [0.1, 0.15) is 6.61 Å². The average molecular weight is 295 g/mol. The van der Waals surface area contributed by atoms with Crippen molar-refractivity contribution < 1.29 is 27.0 Å². The van der Waals surface area contributed by atoms with Crippen molar-refractivity contribution in [2.45, 2.75) is 32.0 Å². The fourth-order valence-electron chi connectivity index (χ4n) is 1.50. The molecule has 1 unspecified atom stereocenters. The Hall–Kier alpha value is -1.34. The molecular weight excluding hydrogens is 278 g/mol. The van der Waals surface area contributed by atoms with Crippen molar-refractivity contribution in [2.75, 3.05) is 13.4 Å². The third-order valence-electron chi connectivity index (χ3n) is 2.58. The van der Waals surface area contributed by atoms with E-state index >= 15 is 0 Å². The second kappa shape index (κ2) is 7.44. The van der Waals surface area contributed by atoms with E-state index in [1.165, 1.54) is 12.1 Å². The van der Waals surface area contributed by atoms with Crippen LogP contribution >= 0.6 is 0 Å². The fourth-order valence-corrected chi connectivity index (χ4v) is 1.50. The molecule has 0 aliphatic carbocycles. The molecule has 0 saturated carbocycles. The van der Waals surface area contributed by atoms with Crippen LogP contribution in [0.3, 0.4) is 0 Å². The first-order chi connectivity index (χ1) is 9.31. The molecular formula is C13H17F4NO2. The molecule has 0 fully saturated rings. The highest BCUT2D eigenvalue weighted by Crippen LogP contribution is 2.20. The van der Waals surface area contributed by atoms with Crippen LogP contribution in [0.25, 0.3) is 0 Å². The quantitative estimate of drug-likeness (QED) is 0.478. The minimum Gasteiger partial charge on any atom is -0.464 e. The van der Waals surface area contributed by atoms with Gasteiger partial charge in [-0.2, -0.15) is 13.2 Å². The third-order valence-corrected chi connectivity index (χ3v) is 2.58. The SMILES string of the molecule is CCC(N)Cc1ccc(OCOCC(F)(F)F)c(F)c1. The number of ether oxygens (including phenoxy) is 2. The van der Waals surface area contributed by atoms with Crippen LogP contribution in [-0.2, 0) is 11.2 Å². The zero-order valence-electron chi connectivity index (χ0n) is 11.0. The number of hydrogen-bond donors (Lipinski definition) is 1. The Balaban J connectivity index is 2.47. The molecule has 0 aliphatic heterocycles. The summed E-state index contributed by atoms with van der Waals surface area (Å²) in [6, 6.07) is 4.17. The van der Waals surface area contributed by atoms with Gasteiger partial charge in [-0.3, -0.25) is 0 Å². The first-order valence-electron chi connectivity index (χ1n) is 6.13. The summed E-state index contributed by atoms with van der Waals surface area (Å²) >= 11 is 0. The van der Waals surface area contributed by atoms with E-state index in [0.717, 1.165) is 6.42 Å². The van der Waals surface area contributed by atoms with Gasteiger partial charge in [-0.1, -0.05) is 13.0 Å². The molecule has 0 bridgehead atoms. The maximum atomic E-state index is 13.6. The van der Waals surface area contributed by atoms with Crippen molar-refractivity contribution in [3.63, 3.8) is 0 Å². The highest BCUT2D eigenvalue weighted by atomic mass is 19.4. The Bertz CT molecular complexity index is 423. The third kappa shape index (κ3) is 6.21. The summed E-state index contributed by atoms with van der Waals surface area (Å²) in [6.07, 6.45) is -3.13. The molecule has 2 N–H and O–H groups in total. The van der Waals surface area contributed by atoms with Crippen LogP contribution in [0.15, 0.2) is 18.2 Å². The monoisotopic (exact) mass is 295 g/mol. The number of benzene rings is 1. The predicted octanol–water partition coefficient (Wildman–Crippen LogP) is 3.02. The predicted molar refractivity (Wildman–Crippen MR) is 65.9 cm³/mol. The lowest BCUT2D eigenvalue weighted by Gasteiger charge is -2.12. The van der Waals surface area contributed by atoms with E-state index < -0.39 is 25.4 Å². The molecule has 1 rings (SSSR count). The highest BCUT2D eigenvalue weighted by Gasteiger charge is 2.27. The van der Waals surface area contributed by atoms with E-state index in [1.54, 1.807) is 6.07 Å². The summed E-state index contributed by atoms with van der Waals surface area (Å²) in [7, 11) is 0. The van der Waals surface area contributed by atoms with E-state index in [9.17, 15) is 17.6 Å². The molecule has 1 atom stereocenters. The van der Waals surface area contributed by atoms with Crippen molar-refractivity contribution >= 4 is 0 Å². The molecule has 3 nitrogen and oxygen atoms in total. The topological polar surface area (TPSA) is 44.5 Å². The molecule has 0 amide bonds. The van der Waals surface area contributed by atoms with Gasteiger partial charge in [0.15, 0.2) is 18.4 Å². The maximum absolute atomic E-state index is 13.6. The molecule has 7 heteroatoms. The van der Waals surface area contributed by atoms with Crippen molar-refractivity contribution in [1.82, 2.24) is 0 Å². The second-order valence-corrected chi connectivity index (χ2v) is 4.36. The van der Waals surface area contributed by atoms with Crippen LogP contribution in [0.5, 0.6) is 5.75 Å². The zero-order chi connectivity index (χ0) is 15.2. The van der Waals surface area contributed by atoms with Crippen LogP contribution in [0.4, 0.5) is 17.6 Å². The van der Waals surface area contributed by atoms with E-state index in [-0.39, 0.29) is 11.8 Å². The van der Waals surface area contributed by atoms with Crippen LogP contribution in [-0.4, -0.2) is 25.6 Å². The summed E-state index contributed by atoms with van der Waals surface area (Å²) in [5.41, 5.74) is 6.46. The van der Waals surface area contributed by atoms with Crippen molar-refractivity contribution in [2.24, 2.45) is 5.73 Å². The minimum absolute atomic E-state index is 0.0590. The van der Waals surface area contributed by atoms with E-state index in [4.69, 9.17) is 10.5 Å². The Kier molecular flexibility index (Phi) is 6.22. The molecule has 1 aromatic carbocycles. The first kappa shape index (κ1) is 16.7. The van der Waals surface area contributed by atoms with E-state index in [1.807, 2.05) is 6.92 Å². The highest BCUT2D eigenvalue weighted by molar-refractivity contribution is 5.29. The van der Waals surface area contributed by atoms with Crippen molar-refractivity contribution in [3.05, 3.63) is 29.6 Å². The van der Waals surface area contributed by atoms with Crippen molar-refractivity contribution in [3.8, 4) is 5.75 Å². The van der Waals surface area contributed by atoms with Crippen LogP contribution in [0.2, 0.25) is 0 Å². The van der Waals surface area contributed by atoms with Crippen molar-refractivity contribution in [1.29, 1.82) is 0 Å². The van der Waals surface area contributed by atoms with Gasteiger partial charge < -0.3 is 15.2 Å². The number of alkyl halides is 3. The lowest BCUT2D eigenvalue weighted by Crippen LogP contribution is -2.21. The summed E-state index contributed by atoms with van der Waals surface area (Å²) < 4.78 is 58.1. The zero-order valence-corrected chi connectivity index (χ0v) is 11.0. The molecule has 114 valence electrons. The second-order valence-electron chi connectivity index (χ2n) is 4.36. The van der Waals surface area contributed by atoms with Gasteiger partial charge in [-0.25, -0.2) is 4.39 Å². The van der Waals surface area contributed by atoms with Gasteiger partial charge in [0.05, 0.1) is 0 Å². The summed E-state index contributed by atoms with van der Waals surface area (Å²) in [6.45, 7) is -0.168. The largest absolute Gasteiger partial charge is 0.464 e. The number of nitrogens with two attached hydrogens (primary N) is 1. The lowest BCUT2D eigenvalue weighted by atomic mass is 10.0. The van der Waals surface area contributed by atoms with Crippen LogP contribution in [0.1, 0.15) is 18.9 Å². The molecule has 0 aliphatic rings. The summed E-state index contributed by atoms with van der Waals surface area (Å²) in [4.78, 5) is 0. The van der Waals surface area contributed by atoms with Gasteiger partial charge in [-0.15, -0.1) is 0 Å². The Morgan fingerprint density at radius 2 is 2.00 bits per heavy atom. The van der Waals surface area contributed by atoms with Gasteiger partial charge >= 0.3 is 6.18 Å². The smallest absolute Gasteiger partial charge is 0.411 e. The van der Waals surface area contributed by atoms with Crippen LogP contribution in [0, 0.1) is 5.82 Å². The standard InChI is InChI=1S/C13H17F4NO2/c1-2-10(18)5-9-3-4-12(11(14)6-9)20-8-19-7-13(15,16)17/h3-4,6,10H,2,5,7-8,18H2,1H3. The minimum atomic E-state index is -4.43. The molecule has 0 radical (unpaired) electrons. The summed E-state index contributed by atoms with van der Waals surface area (Å²) in [5.74, 6) is -0.803. The van der Waals surface area contributed by atoms with E-state index in [0.29, 0.717) is 12.0 Å². The Morgan fingerprint density at radius 3 is 2.55 bits per heavy atom. The first-order valence-corrected chi connectivity index (χ1v) is 6.13. The number of halogens is 4. The lowest BCUT2D eigenvalue weighted by molar-refractivity contribution is -0.187. The Labute approximate surface area is 114 Å². The normalized spacial score (nSPS) is 13.3. The van der Waals surface area contributed by atoms with E-state index in [2.05, 4.69) is 4.74 Å². The molecule has 1 aromatic rings. The fraction of sp³-hybridized carbons (Fsp3) is 0.538. The van der Waals surface area contributed by atoms with Gasteiger partial charge in [-0.05, 0) is 30.5 Å². The molecule has 20 heavy (non-hydrogen) atoms. The molecule has 0 saturated heterocycles. The van der Waals surface area contributed by atoms with Gasteiger partial charge in [0.2, 0.25) is 0 Å². The molecule has 0 heterocycles. The molecule has 0 spiro atoms. The van der Waals surface area contributed by atoms with Gasteiger partial charge in [0.25, 0.3) is 0 Å². The number of rotatable bonds is 7. The van der Waals surface area contributed by atoms with Crippen LogP contribution < -0.4 is 10.5 Å². The van der Waals surface area contributed by atoms with Gasteiger partial charge in [0, 0.05) is 6.04 Å². The molecule has 0 aromatic heterocycles.